The quantitative estimate of drug-likeness (QED) is 0.671. The van der Waals surface area contributed by atoms with E-state index in [0.29, 0.717) is 6.10 Å². The van der Waals surface area contributed by atoms with E-state index < -0.39 is 0 Å². The van der Waals surface area contributed by atoms with Gasteiger partial charge in [-0.1, -0.05) is 0 Å². The van der Waals surface area contributed by atoms with Crippen molar-refractivity contribution in [2.45, 2.75) is 32.3 Å². The zero-order chi connectivity index (χ0) is 15.6. The summed E-state index contributed by atoms with van der Waals surface area (Å²) in [6.07, 6.45) is 4.27. The first-order valence-corrected chi connectivity index (χ1v) is 8.62. The van der Waals surface area contributed by atoms with Crippen LogP contribution in [-0.2, 0) is 4.74 Å². The van der Waals surface area contributed by atoms with Gasteiger partial charge in [-0.2, -0.15) is 0 Å². The minimum Gasteiger partial charge on any atom is -0.399 e. The van der Waals surface area contributed by atoms with Crippen molar-refractivity contribution >= 4 is 11.4 Å². The molecule has 2 fully saturated rings. The fraction of sp³-hybridized carbons (Fsp3) is 0.667. The summed E-state index contributed by atoms with van der Waals surface area (Å²) in [5.74, 6) is 0. The molecule has 2 heterocycles. The molecule has 4 nitrogen and oxygen atoms in total. The van der Waals surface area contributed by atoms with Crippen molar-refractivity contribution < 1.29 is 9.22 Å². The zero-order valence-electron chi connectivity index (χ0n) is 14.1. The highest BCUT2D eigenvalue weighted by Crippen LogP contribution is 2.25. The van der Waals surface area contributed by atoms with Crippen LogP contribution in [0.25, 0.3) is 0 Å². The van der Waals surface area contributed by atoms with Crippen LogP contribution in [0.4, 0.5) is 11.4 Å². The van der Waals surface area contributed by atoms with Gasteiger partial charge in [0.05, 0.1) is 32.8 Å². The van der Waals surface area contributed by atoms with Gasteiger partial charge in [0.2, 0.25) is 0 Å². The molecule has 1 atom stereocenters. The van der Waals surface area contributed by atoms with Crippen LogP contribution in [-0.4, -0.2) is 57.0 Å². The minimum atomic E-state index is 0.382. The Labute approximate surface area is 134 Å². The molecule has 0 amide bonds. The van der Waals surface area contributed by atoms with E-state index in [1.165, 1.54) is 36.1 Å². The molecule has 2 N–H and O–H groups in total. The lowest BCUT2D eigenvalue weighted by atomic mass is 10.2. The van der Waals surface area contributed by atoms with Gasteiger partial charge in [0.15, 0.2) is 0 Å². The fourth-order valence-electron chi connectivity index (χ4n) is 3.72. The third-order valence-electron chi connectivity index (χ3n) is 5.39. The first-order chi connectivity index (χ1) is 10.6. The number of anilines is 2. The largest absolute Gasteiger partial charge is 0.399 e. The molecule has 0 saturated carbocycles. The van der Waals surface area contributed by atoms with Gasteiger partial charge in [0.1, 0.15) is 6.54 Å². The Morgan fingerprint density at radius 2 is 2.09 bits per heavy atom. The maximum absolute atomic E-state index is 6.15. The average molecular weight is 304 g/mol. The number of quaternary nitrogens is 1. The first kappa shape index (κ1) is 15.6. The molecule has 4 heteroatoms. The number of nitrogens with two attached hydrogens (primary N) is 1. The zero-order valence-corrected chi connectivity index (χ0v) is 14.1. The first-order valence-electron chi connectivity index (χ1n) is 8.62. The maximum Gasteiger partial charge on any atom is 0.102 e. The van der Waals surface area contributed by atoms with E-state index in [9.17, 15) is 0 Å². The Bertz CT molecular complexity index is 511. The van der Waals surface area contributed by atoms with Gasteiger partial charge in [0, 0.05) is 37.3 Å². The Morgan fingerprint density at radius 1 is 1.32 bits per heavy atom. The molecule has 0 aliphatic carbocycles. The molecule has 0 aromatic heterocycles. The summed E-state index contributed by atoms with van der Waals surface area (Å²) < 4.78 is 7.36. The molecular formula is C18H30N3O+. The number of likely N-dealkylation sites (N-methyl/N-ethyl adjacent to an activating group) is 1. The van der Waals surface area contributed by atoms with Crippen molar-refractivity contribution in [3.63, 3.8) is 0 Å². The van der Waals surface area contributed by atoms with Crippen molar-refractivity contribution in [2.75, 3.05) is 57.0 Å². The third-order valence-corrected chi connectivity index (χ3v) is 5.39. The predicted octanol–water partition coefficient (Wildman–Crippen LogP) is 2.41. The molecule has 0 spiro atoms. The number of nitrogens with zero attached hydrogens (tertiary/aromatic N) is 2. The number of nitrogen functional groups attached to an aromatic ring is 1. The van der Waals surface area contributed by atoms with Gasteiger partial charge < -0.3 is 19.9 Å². The van der Waals surface area contributed by atoms with E-state index in [2.05, 4.69) is 31.0 Å². The number of hydrogen-bond acceptors (Lipinski definition) is 3. The van der Waals surface area contributed by atoms with Crippen molar-refractivity contribution in [2.24, 2.45) is 0 Å². The lowest BCUT2D eigenvalue weighted by Crippen LogP contribution is -2.43. The fourth-order valence-corrected chi connectivity index (χ4v) is 3.72. The number of ether oxygens (including phenoxy) is 1. The van der Waals surface area contributed by atoms with E-state index in [0.717, 1.165) is 43.9 Å². The van der Waals surface area contributed by atoms with Crippen LogP contribution >= 0.6 is 0 Å². The molecule has 0 radical (unpaired) electrons. The van der Waals surface area contributed by atoms with Gasteiger partial charge in [-0.3, -0.25) is 0 Å². The summed E-state index contributed by atoms with van der Waals surface area (Å²) in [6, 6.07) is 6.33. The van der Waals surface area contributed by atoms with Crippen molar-refractivity contribution in [3.05, 3.63) is 23.8 Å². The molecule has 22 heavy (non-hydrogen) atoms. The highest BCUT2D eigenvalue weighted by molar-refractivity contribution is 5.58. The van der Waals surface area contributed by atoms with E-state index in [1.807, 2.05) is 6.07 Å². The predicted molar refractivity (Wildman–Crippen MR) is 92.2 cm³/mol. The molecule has 1 aromatic rings. The molecule has 2 aliphatic heterocycles. The number of likely N-dealkylation sites (tertiary alicyclic amines) is 1. The second-order valence-electron chi connectivity index (χ2n) is 7.27. The summed E-state index contributed by atoms with van der Waals surface area (Å²) in [5, 5.41) is 0. The van der Waals surface area contributed by atoms with E-state index in [-0.39, 0.29) is 0 Å². The van der Waals surface area contributed by atoms with Crippen LogP contribution in [0.5, 0.6) is 0 Å². The third kappa shape index (κ3) is 3.55. The molecule has 1 aromatic carbocycles. The molecular weight excluding hydrogens is 274 g/mol. The van der Waals surface area contributed by atoms with Crippen molar-refractivity contribution in [1.29, 1.82) is 0 Å². The standard InChI is InChI=1S/C18H30N3O/c1-15-13-16(5-6-18(15)19)20-8-7-17(14-20)22-12-11-21(2)9-3-4-10-21/h5-6,13,17H,3-4,7-12,14,19H2,1-2H3/q+1. The number of hydrogen-bond donors (Lipinski definition) is 1. The van der Waals surface area contributed by atoms with Gasteiger partial charge in [-0.15, -0.1) is 0 Å². The summed E-state index contributed by atoms with van der Waals surface area (Å²) in [5.41, 5.74) is 9.22. The van der Waals surface area contributed by atoms with Crippen molar-refractivity contribution in [1.82, 2.24) is 0 Å². The normalized spacial score (nSPS) is 24.1. The molecule has 2 saturated heterocycles. The summed E-state index contributed by atoms with van der Waals surface area (Å²) in [7, 11) is 2.37. The highest BCUT2D eigenvalue weighted by atomic mass is 16.5. The minimum absolute atomic E-state index is 0.382. The maximum atomic E-state index is 6.15. The molecule has 1 unspecified atom stereocenters. The van der Waals surface area contributed by atoms with E-state index in [1.54, 1.807) is 0 Å². The number of benzene rings is 1. The monoisotopic (exact) mass is 304 g/mol. The van der Waals surface area contributed by atoms with Gasteiger partial charge >= 0.3 is 0 Å². The lowest BCUT2D eigenvalue weighted by molar-refractivity contribution is -0.898. The highest BCUT2D eigenvalue weighted by Gasteiger charge is 2.28. The van der Waals surface area contributed by atoms with E-state index >= 15 is 0 Å². The smallest absolute Gasteiger partial charge is 0.102 e. The van der Waals surface area contributed by atoms with E-state index in [4.69, 9.17) is 10.5 Å². The van der Waals surface area contributed by atoms with Crippen LogP contribution in [0.2, 0.25) is 0 Å². The Morgan fingerprint density at radius 3 is 2.82 bits per heavy atom. The Balaban J connectivity index is 1.46. The molecule has 2 aliphatic rings. The molecule has 122 valence electrons. The summed E-state index contributed by atoms with van der Waals surface area (Å²) >= 11 is 0. The van der Waals surface area contributed by atoms with Crippen LogP contribution in [0.1, 0.15) is 24.8 Å². The molecule has 3 rings (SSSR count). The second-order valence-corrected chi connectivity index (χ2v) is 7.27. The SMILES string of the molecule is Cc1cc(N2CCC(OCC[N+]3(C)CCCC3)C2)ccc1N. The Hall–Kier alpha value is -1.26. The Kier molecular flexibility index (Phi) is 4.59. The van der Waals surface area contributed by atoms with Crippen LogP contribution in [0, 0.1) is 6.92 Å². The van der Waals surface area contributed by atoms with Gasteiger partial charge in [-0.25, -0.2) is 0 Å². The number of rotatable bonds is 5. The summed E-state index contributed by atoms with van der Waals surface area (Å²) in [6.45, 7) is 8.87. The van der Waals surface area contributed by atoms with Crippen LogP contribution < -0.4 is 10.6 Å². The van der Waals surface area contributed by atoms with Crippen LogP contribution in [0.3, 0.4) is 0 Å². The number of aryl methyl sites for hydroxylation is 1. The topological polar surface area (TPSA) is 38.5 Å². The van der Waals surface area contributed by atoms with Gasteiger partial charge in [-0.05, 0) is 37.1 Å². The summed E-state index contributed by atoms with van der Waals surface area (Å²) in [4.78, 5) is 2.42. The average Bonchev–Trinajstić information content (AvgIpc) is 3.12. The second kappa shape index (κ2) is 6.47. The van der Waals surface area contributed by atoms with Crippen LogP contribution in [0.15, 0.2) is 18.2 Å². The lowest BCUT2D eigenvalue weighted by Gasteiger charge is -2.29. The van der Waals surface area contributed by atoms with Crippen molar-refractivity contribution in [3.8, 4) is 0 Å². The molecule has 0 bridgehead atoms. The van der Waals surface area contributed by atoms with Gasteiger partial charge in [0.25, 0.3) is 0 Å².